The summed E-state index contributed by atoms with van der Waals surface area (Å²) in [6.45, 7) is 9.10. The fourth-order valence-corrected chi connectivity index (χ4v) is 3.84. The highest BCUT2D eigenvalue weighted by Crippen LogP contribution is 2.21. The van der Waals surface area contributed by atoms with E-state index in [0.29, 0.717) is 5.39 Å². The summed E-state index contributed by atoms with van der Waals surface area (Å²) in [5.41, 5.74) is 3.23. The molecular weight excluding hydrogens is 352 g/mol. The number of aryl methyl sites for hydroxylation is 1. The fraction of sp³-hybridized carbons (Fsp3) is 0.476. The Balaban J connectivity index is 1.41. The van der Waals surface area contributed by atoms with Gasteiger partial charge in [-0.2, -0.15) is 5.10 Å². The van der Waals surface area contributed by atoms with Gasteiger partial charge in [0.2, 0.25) is 0 Å². The molecule has 3 aromatic rings. The summed E-state index contributed by atoms with van der Waals surface area (Å²) >= 11 is 0. The molecule has 0 saturated carbocycles. The van der Waals surface area contributed by atoms with Gasteiger partial charge in [0.25, 0.3) is 5.56 Å². The van der Waals surface area contributed by atoms with Crippen LogP contribution in [-0.4, -0.2) is 57.0 Å². The van der Waals surface area contributed by atoms with E-state index in [-0.39, 0.29) is 11.6 Å². The summed E-state index contributed by atoms with van der Waals surface area (Å²) in [7, 11) is 2.00. The van der Waals surface area contributed by atoms with Gasteiger partial charge in [-0.05, 0) is 38.1 Å². The largest absolute Gasteiger partial charge is 0.369 e. The second-order valence-electron chi connectivity index (χ2n) is 7.78. The van der Waals surface area contributed by atoms with Crippen LogP contribution in [0, 0.1) is 0 Å². The van der Waals surface area contributed by atoms with Crippen LogP contribution in [0.4, 0.5) is 5.69 Å². The van der Waals surface area contributed by atoms with Gasteiger partial charge in [-0.3, -0.25) is 18.9 Å². The summed E-state index contributed by atoms with van der Waals surface area (Å²) in [5, 5.41) is 4.93. The first-order valence-corrected chi connectivity index (χ1v) is 9.98. The van der Waals surface area contributed by atoms with Gasteiger partial charge in [-0.1, -0.05) is 0 Å². The third-order valence-electron chi connectivity index (χ3n) is 5.67. The lowest BCUT2D eigenvalue weighted by Crippen LogP contribution is -2.47. The summed E-state index contributed by atoms with van der Waals surface area (Å²) < 4.78 is 3.63. The van der Waals surface area contributed by atoms with E-state index in [0.717, 1.165) is 50.3 Å². The van der Waals surface area contributed by atoms with Crippen LogP contribution in [0.5, 0.6) is 0 Å². The Labute approximate surface area is 165 Å². The molecule has 2 aromatic heterocycles. The van der Waals surface area contributed by atoms with Crippen LogP contribution in [0.25, 0.3) is 10.9 Å². The van der Waals surface area contributed by atoms with Crippen LogP contribution >= 0.6 is 0 Å². The Morgan fingerprint density at radius 2 is 1.89 bits per heavy atom. The van der Waals surface area contributed by atoms with Crippen LogP contribution in [0.15, 0.2) is 41.6 Å². The first-order chi connectivity index (χ1) is 13.5. The van der Waals surface area contributed by atoms with Crippen molar-refractivity contribution in [3.63, 3.8) is 0 Å². The molecule has 7 nitrogen and oxygen atoms in total. The number of hydrogen-bond acceptors (Lipinski definition) is 5. The fourth-order valence-electron chi connectivity index (χ4n) is 3.84. The lowest BCUT2D eigenvalue weighted by molar-refractivity contribution is 0.259. The van der Waals surface area contributed by atoms with E-state index in [4.69, 9.17) is 0 Å². The predicted molar refractivity (Wildman–Crippen MR) is 112 cm³/mol. The number of hydrogen-bond donors (Lipinski definition) is 0. The molecular formula is C21H28N6O. The van der Waals surface area contributed by atoms with Crippen molar-refractivity contribution in [3.8, 4) is 0 Å². The first-order valence-electron chi connectivity index (χ1n) is 9.98. The minimum absolute atomic E-state index is 0.0338. The maximum absolute atomic E-state index is 12.6. The van der Waals surface area contributed by atoms with Crippen molar-refractivity contribution in [1.29, 1.82) is 0 Å². The van der Waals surface area contributed by atoms with Gasteiger partial charge in [0, 0.05) is 69.8 Å². The molecule has 1 aromatic carbocycles. The average Bonchev–Trinajstić information content (AvgIpc) is 3.11. The van der Waals surface area contributed by atoms with Gasteiger partial charge < -0.3 is 4.90 Å². The molecule has 7 heteroatoms. The van der Waals surface area contributed by atoms with Gasteiger partial charge in [-0.25, -0.2) is 4.98 Å². The van der Waals surface area contributed by atoms with Crippen molar-refractivity contribution in [3.05, 3.63) is 52.8 Å². The maximum Gasteiger partial charge on any atom is 0.261 e. The van der Waals surface area contributed by atoms with Crippen molar-refractivity contribution >= 4 is 16.6 Å². The van der Waals surface area contributed by atoms with Crippen LogP contribution in [0.1, 0.15) is 25.6 Å². The van der Waals surface area contributed by atoms with Gasteiger partial charge in [0.1, 0.15) is 0 Å². The summed E-state index contributed by atoms with van der Waals surface area (Å²) in [4.78, 5) is 22.0. The Morgan fingerprint density at radius 1 is 1.11 bits per heavy atom. The SMILES string of the molecule is CC(C)n1cnc2cc(N3CCN(CCc4ccnn4C)CC3)ccc2c1=O. The predicted octanol–water partition coefficient (Wildman–Crippen LogP) is 2.08. The molecule has 1 aliphatic heterocycles. The smallest absolute Gasteiger partial charge is 0.261 e. The number of aromatic nitrogens is 4. The molecule has 28 heavy (non-hydrogen) atoms. The van der Waals surface area contributed by atoms with E-state index in [9.17, 15) is 4.79 Å². The normalized spacial score (nSPS) is 15.6. The van der Waals surface area contributed by atoms with Crippen LogP contribution < -0.4 is 10.5 Å². The zero-order valence-corrected chi connectivity index (χ0v) is 16.9. The molecule has 0 bridgehead atoms. The molecule has 4 rings (SSSR count). The molecule has 0 radical (unpaired) electrons. The number of fused-ring (bicyclic) bond motifs is 1. The van der Waals surface area contributed by atoms with E-state index < -0.39 is 0 Å². The molecule has 0 amide bonds. The maximum atomic E-state index is 12.6. The highest BCUT2D eigenvalue weighted by atomic mass is 16.1. The Hall–Kier alpha value is -2.67. The number of piperazine rings is 1. The average molecular weight is 380 g/mol. The number of nitrogens with zero attached hydrogens (tertiary/aromatic N) is 6. The molecule has 0 unspecified atom stereocenters. The quantitative estimate of drug-likeness (QED) is 0.678. The van der Waals surface area contributed by atoms with Crippen molar-refractivity contribution in [2.45, 2.75) is 26.3 Å². The van der Waals surface area contributed by atoms with Crippen molar-refractivity contribution in [2.24, 2.45) is 7.05 Å². The van der Waals surface area contributed by atoms with Crippen LogP contribution in [0.2, 0.25) is 0 Å². The molecule has 0 aliphatic carbocycles. The molecule has 0 spiro atoms. The molecule has 1 fully saturated rings. The highest BCUT2D eigenvalue weighted by molar-refractivity contribution is 5.81. The van der Waals surface area contributed by atoms with Gasteiger partial charge >= 0.3 is 0 Å². The summed E-state index contributed by atoms with van der Waals surface area (Å²) in [6, 6.07) is 8.23. The topological polar surface area (TPSA) is 59.2 Å². The van der Waals surface area contributed by atoms with E-state index >= 15 is 0 Å². The van der Waals surface area contributed by atoms with Crippen LogP contribution in [-0.2, 0) is 13.5 Å². The monoisotopic (exact) mass is 380 g/mol. The third-order valence-corrected chi connectivity index (χ3v) is 5.67. The minimum Gasteiger partial charge on any atom is -0.369 e. The standard InChI is InChI=1S/C21H28N6O/c1-16(2)27-15-22-20-14-18(4-5-19(20)21(27)28)26-12-10-25(11-13-26)9-7-17-6-8-23-24(17)3/h4-6,8,14-16H,7,9-13H2,1-3H3. The Bertz CT molecular complexity index is 1010. The van der Waals surface area contributed by atoms with Crippen molar-refractivity contribution < 1.29 is 0 Å². The molecule has 148 valence electrons. The van der Waals surface area contributed by atoms with E-state index in [1.807, 2.05) is 43.9 Å². The molecule has 3 heterocycles. The second-order valence-corrected chi connectivity index (χ2v) is 7.78. The van der Waals surface area contributed by atoms with Crippen molar-refractivity contribution in [1.82, 2.24) is 24.2 Å². The second kappa shape index (κ2) is 7.75. The van der Waals surface area contributed by atoms with Gasteiger partial charge in [0.05, 0.1) is 17.2 Å². The van der Waals surface area contributed by atoms with Gasteiger partial charge in [0.15, 0.2) is 0 Å². The summed E-state index contributed by atoms with van der Waals surface area (Å²) in [6.07, 6.45) is 4.55. The van der Waals surface area contributed by atoms with E-state index in [2.05, 4.69) is 32.0 Å². The minimum atomic E-state index is 0.0338. The zero-order valence-electron chi connectivity index (χ0n) is 16.9. The van der Waals surface area contributed by atoms with Gasteiger partial charge in [-0.15, -0.1) is 0 Å². The zero-order chi connectivity index (χ0) is 19.7. The number of benzene rings is 1. The summed E-state index contributed by atoms with van der Waals surface area (Å²) in [5.74, 6) is 0. The molecule has 1 saturated heterocycles. The lowest BCUT2D eigenvalue weighted by atomic mass is 10.2. The number of rotatable bonds is 5. The lowest BCUT2D eigenvalue weighted by Gasteiger charge is -2.36. The Morgan fingerprint density at radius 3 is 2.57 bits per heavy atom. The molecule has 0 N–H and O–H groups in total. The van der Waals surface area contributed by atoms with Crippen LogP contribution in [0.3, 0.4) is 0 Å². The Kier molecular flexibility index (Phi) is 5.17. The van der Waals surface area contributed by atoms with E-state index in [1.54, 1.807) is 10.9 Å². The molecule has 0 atom stereocenters. The first kappa shape index (κ1) is 18.7. The highest BCUT2D eigenvalue weighted by Gasteiger charge is 2.18. The third kappa shape index (κ3) is 3.67. The molecule has 1 aliphatic rings. The van der Waals surface area contributed by atoms with E-state index in [1.165, 1.54) is 5.69 Å². The number of anilines is 1. The van der Waals surface area contributed by atoms with Crippen molar-refractivity contribution in [2.75, 3.05) is 37.6 Å².